The molecule has 0 aliphatic heterocycles. The summed E-state index contributed by atoms with van der Waals surface area (Å²) in [5, 5.41) is 14.1. The van der Waals surface area contributed by atoms with Gasteiger partial charge in [0.15, 0.2) is 0 Å². The number of ether oxygens (including phenoxy) is 1. The van der Waals surface area contributed by atoms with Crippen molar-refractivity contribution in [2.75, 3.05) is 25.6 Å². The van der Waals surface area contributed by atoms with Gasteiger partial charge in [-0.25, -0.2) is 13.1 Å². The third kappa shape index (κ3) is 6.12. The van der Waals surface area contributed by atoms with E-state index in [2.05, 4.69) is 10.0 Å². The molecule has 2 N–H and O–H groups in total. The molecule has 0 heterocycles. The Kier molecular flexibility index (Phi) is 6.48. The van der Waals surface area contributed by atoms with E-state index in [1.165, 1.54) is 12.1 Å². The van der Waals surface area contributed by atoms with E-state index in [1.807, 2.05) is 0 Å². The summed E-state index contributed by atoms with van der Waals surface area (Å²) >= 11 is 0. The zero-order chi connectivity index (χ0) is 17.7. The number of nitro groups is 1. The summed E-state index contributed by atoms with van der Waals surface area (Å²) in [7, 11) is -2.25. The van der Waals surface area contributed by atoms with Crippen LogP contribution < -0.4 is 10.0 Å². The number of sulfonamides is 1. The van der Waals surface area contributed by atoms with E-state index < -0.39 is 20.5 Å². The molecule has 0 atom stereocenters. The van der Waals surface area contributed by atoms with Crippen LogP contribution in [0.25, 0.3) is 0 Å². The van der Waals surface area contributed by atoms with E-state index >= 15 is 0 Å². The molecule has 1 aromatic rings. The van der Waals surface area contributed by atoms with E-state index in [-0.39, 0.29) is 16.3 Å². The topological polar surface area (TPSA) is 111 Å². The average molecular weight is 345 g/mol. The second-order valence-electron chi connectivity index (χ2n) is 6.06. The minimum atomic E-state index is -3.82. The maximum Gasteiger partial charge on any atom is 0.293 e. The van der Waals surface area contributed by atoms with Crippen LogP contribution in [0.4, 0.5) is 11.4 Å². The first-order chi connectivity index (χ1) is 10.6. The van der Waals surface area contributed by atoms with Gasteiger partial charge in [-0.15, -0.1) is 0 Å². The highest BCUT2D eigenvalue weighted by Crippen LogP contribution is 2.28. The van der Waals surface area contributed by atoms with Gasteiger partial charge in [0.2, 0.25) is 10.0 Å². The fraction of sp³-hybridized carbons (Fsp3) is 0.571. The van der Waals surface area contributed by atoms with Gasteiger partial charge in [-0.05, 0) is 39.3 Å². The number of hydrogen-bond donors (Lipinski definition) is 2. The Hall–Kier alpha value is -1.71. The van der Waals surface area contributed by atoms with Crippen molar-refractivity contribution >= 4 is 21.4 Å². The molecule has 8 nitrogen and oxygen atoms in total. The lowest BCUT2D eigenvalue weighted by Crippen LogP contribution is -2.40. The fourth-order valence-corrected chi connectivity index (χ4v) is 3.32. The summed E-state index contributed by atoms with van der Waals surface area (Å²) in [5.41, 5.74) is -0.676. The van der Waals surface area contributed by atoms with Gasteiger partial charge in [0, 0.05) is 31.9 Å². The highest BCUT2D eigenvalue weighted by Gasteiger charge is 2.25. The summed E-state index contributed by atoms with van der Waals surface area (Å²) in [6.07, 6.45) is 0.680. The molecule has 0 bridgehead atoms. The Balaban J connectivity index is 3.06. The van der Waals surface area contributed by atoms with Crippen LogP contribution in [0.2, 0.25) is 0 Å². The normalized spacial score (nSPS) is 12.2. The summed E-state index contributed by atoms with van der Waals surface area (Å²) in [6, 6.07) is 3.81. The standard InChI is InChI=1S/C14H23N3O5S/c1-14(2,3)16-23(20,21)11-6-7-12(13(10-11)17(18)19)15-8-5-9-22-4/h6-7,10,15-16H,5,8-9H2,1-4H3. The Bertz CT molecular complexity index is 653. The molecular formula is C14H23N3O5S. The summed E-state index contributed by atoms with van der Waals surface area (Å²) in [5.74, 6) is 0. The maximum absolute atomic E-state index is 12.3. The van der Waals surface area contributed by atoms with Crippen LogP contribution in [0.15, 0.2) is 23.1 Å². The van der Waals surface area contributed by atoms with Crippen LogP contribution in [0.1, 0.15) is 27.2 Å². The van der Waals surface area contributed by atoms with Crippen molar-refractivity contribution in [2.24, 2.45) is 0 Å². The van der Waals surface area contributed by atoms with Gasteiger partial charge in [0.1, 0.15) is 5.69 Å². The molecule has 1 rings (SSSR count). The van der Waals surface area contributed by atoms with Crippen molar-refractivity contribution in [1.82, 2.24) is 4.72 Å². The van der Waals surface area contributed by atoms with Gasteiger partial charge in [0.25, 0.3) is 5.69 Å². The van der Waals surface area contributed by atoms with Gasteiger partial charge in [0.05, 0.1) is 9.82 Å². The Labute approximate surface area is 136 Å². The molecule has 0 aromatic heterocycles. The number of nitrogens with one attached hydrogen (secondary N) is 2. The van der Waals surface area contributed by atoms with Crippen LogP contribution >= 0.6 is 0 Å². The largest absolute Gasteiger partial charge is 0.385 e. The number of benzene rings is 1. The van der Waals surface area contributed by atoms with Crippen molar-refractivity contribution in [2.45, 2.75) is 37.6 Å². The predicted octanol–water partition coefficient (Wildman–Crippen LogP) is 2.12. The van der Waals surface area contributed by atoms with E-state index in [0.29, 0.717) is 19.6 Å². The minimum Gasteiger partial charge on any atom is -0.385 e. The van der Waals surface area contributed by atoms with Crippen molar-refractivity contribution < 1.29 is 18.1 Å². The molecule has 0 amide bonds. The SMILES string of the molecule is COCCCNc1ccc(S(=O)(=O)NC(C)(C)C)cc1[N+](=O)[O-]. The smallest absolute Gasteiger partial charge is 0.293 e. The lowest BCUT2D eigenvalue weighted by atomic mass is 10.1. The molecule has 130 valence electrons. The molecule has 0 fully saturated rings. The lowest BCUT2D eigenvalue weighted by Gasteiger charge is -2.20. The lowest BCUT2D eigenvalue weighted by molar-refractivity contribution is -0.384. The monoisotopic (exact) mass is 345 g/mol. The van der Waals surface area contributed by atoms with Crippen molar-refractivity contribution in [3.8, 4) is 0 Å². The highest BCUT2D eigenvalue weighted by molar-refractivity contribution is 7.89. The van der Waals surface area contributed by atoms with Crippen LogP contribution in [-0.4, -0.2) is 39.1 Å². The molecule has 0 saturated carbocycles. The third-order valence-electron chi connectivity index (χ3n) is 2.76. The Morgan fingerprint density at radius 3 is 2.48 bits per heavy atom. The first kappa shape index (κ1) is 19.3. The zero-order valence-corrected chi connectivity index (χ0v) is 14.6. The number of nitrogens with zero attached hydrogens (tertiary/aromatic N) is 1. The molecule has 0 aliphatic rings. The Morgan fingerprint density at radius 2 is 1.96 bits per heavy atom. The summed E-state index contributed by atoms with van der Waals surface area (Å²) in [4.78, 5) is 10.5. The zero-order valence-electron chi connectivity index (χ0n) is 13.8. The Morgan fingerprint density at radius 1 is 1.30 bits per heavy atom. The van der Waals surface area contributed by atoms with Gasteiger partial charge in [-0.3, -0.25) is 10.1 Å². The van der Waals surface area contributed by atoms with Crippen molar-refractivity contribution in [3.05, 3.63) is 28.3 Å². The van der Waals surface area contributed by atoms with Gasteiger partial charge in [-0.1, -0.05) is 0 Å². The molecule has 1 aromatic carbocycles. The quantitative estimate of drug-likeness (QED) is 0.424. The second kappa shape index (κ2) is 7.71. The van der Waals surface area contributed by atoms with E-state index in [0.717, 1.165) is 6.07 Å². The maximum atomic E-state index is 12.3. The molecule has 0 unspecified atom stereocenters. The van der Waals surface area contributed by atoms with Gasteiger partial charge >= 0.3 is 0 Å². The second-order valence-corrected chi connectivity index (χ2v) is 7.75. The highest BCUT2D eigenvalue weighted by atomic mass is 32.2. The van der Waals surface area contributed by atoms with Crippen LogP contribution in [0, 0.1) is 10.1 Å². The molecule has 23 heavy (non-hydrogen) atoms. The number of nitro benzene ring substituents is 1. The average Bonchev–Trinajstić information content (AvgIpc) is 2.40. The van der Waals surface area contributed by atoms with Crippen LogP contribution in [0.3, 0.4) is 0 Å². The number of anilines is 1. The first-order valence-electron chi connectivity index (χ1n) is 7.12. The van der Waals surface area contributed by atoms with Crippen molar-refractivity contribution in [3.63, 3.8) is 0 Å². The number of hydrogen-bond acceptors (Lipinski definition) is 6. The van der Waals surface area contributed by atoms with Crippen LogP contribution in [0.5, 0.6) is 0 Å². The van der Waals surface area contributed by atoms with Gasteiger partial charge in [-0.2, -0.15) is 0 Å². The first-order valence-corrected chi connectivity index (χ1v) is 8.60. The molecule has 0 radical (unpaired) electrons. The van der Waals surface area contributed by atoms with Crippen molar-refractivity contribution in [1.29, 1.82) is 0 Å². The van der Waals surface area contributed by atoms with Gasteiger partial charge < -0.3 is 10.1 Å². The van der Waals surface area contributed by atoms with Crippen LogP contribution in [-0.2, 0) is 14.8 Å². The molecular weight excluding hydrogens is 322 g/mol. The molecule has 0 spiro atoms. The summed E-state index contributed by atoms with van der Waals surface area (Å²) in [6.45, 7) is 6.11. The molecule has 0 aliphatic carbocycles. The van der Waals surface area contributed by atoms with E-state index in [4.69, 9.17) is 4.74 Å². The molecule has 0 saturated heterocycles. The predicted molar refractivity (Wildman–Crippen MR) is 88.2 cm³/mol. The summed E-state index contributed by atoms with van der Waals surface area (Å²) < 4.78 is 31.9. The third-order valence-corrected chi connectivity index (χ3v) is 4.51. The fourth-order valence-electron chi connectivity index (χ4n) is 1.88. The number of methoxy groups -OCH3 is 1. The van der Waals surface area contributed by atoms with E-state index in [1.54, 1.807) is 27.9 Å². The number of rotatable bonds is 8. The van der Waals surface area contributed by atoms with E-state index in [9.17, 15) is 18.5 Å². The minimum absolute atomic E-state index is 0.137. The molecule has 9 heteroatoms.